The Morgan fingerprint density at radius 1 is 1.37 bits per heavy atom. The highest BCUT2D eigenvalue weighted by Gasteiger charge is 2.06. The molecule has 1 aromatic carbocycles. The normalized spacial score (nSPS) is 11.1. The second-order valence-corrected chi connectivity index (χ2v) is 4.38. The molecule has 0 radical (unpaired) electrons. The molecule has 0 atom stereocenters. The van der Waals surface area contributed by atoms with E-state index in [1.54, 1.807) is 4.52 Å². The molecule has 19 heavy (non-hydrogen) atoms. The van der Waals surface area contributed by atoms with Crippen LogP contribution in [0.25, 0.3) is 5.78 Å². The molecule has 0 fully saturated rings. The van der Waals surface area contributed by atoms with Crippen LogP contribution in [0, 0.1) is 6.92 Å². The monoisotopic (exact) mass is 257 g/mol. The van der Waals surface area contributed by atoms with E-state index in [2.05, 4.69) is 15.1 Å². The van der Waals surface area contributed by atoms with Crippen molar-refractivity contribution in [3.05, 3.63) is 47.5 Å². The predicted molar refractivity (Wildman–Crippen MR) is 70.7 cm³/mol. The van der Waals surface area contributed by atoms with Crippen LogP contribution < -0.4 is 10.5 Å². The number of rotatable bonds is 4. The number of fused-ring (bicyclic) bond motifs is 1. The van der Waals surface area contributed by atoms with Crippen LogP contribution in [-0.2, 0) is 13.2 Å². The minimum atomic E-state index is 0.380. The number of hydrogen-bond donors (Lipinski definition) is 2. The number of aromatic nitrogens is 4. The van der Waals surface area contributed by atoms with Crippen molar-refractivity contribution in [2.75, 3.05) is 0 Å². The average molecular weight is 257 g/mol. The first-order valence-electron chi connectivity index (χ1n) is 6.07. The van der Waals surface area contributed by atoms with Crippen LogP contribution in [-0.4, -0.2) is 19.6 Å². The number of aromatic amines is 1. The van der Waals surface area contributed by atoms with E-state index in [0.29, 0.717) is 18.9 Å². The molecule has 0 aliphatic carbocycles. The zero-order valence-corrected chi connectivity index (χ0v) is 10.6. The summed E-state index contributed by atoms with van der Waals surface area (Å²) in [7, 11) is 0. The Morgan fingerprint density at radius 3 is 3.00 bits per heavy atom. The molecular formula is C13H15N5O. The van der Waals surface area contributed by atoms with Gasteiger partial charge in [-0.3, -0.25) is 5.10 Å². The lowest BCUT2D eigenvalue weighted by Gasteiger charge is -2.04. The van der Waals surface area contributed by atoms with Gasteiger partial charge in [0.05, 0.1) is 11.9 Å². The minimum absolute atomic E-state index is 0.380. The molecule has 6 nitrogen and oxygen atoms in total. The summed E-state index contributed by atoms with van der Waals surface area (Å²) in [5, 5.41) is 3.10. The number of H-pyrrole nitrogens is 1. The van der Waals surface area contributed by atoms with Crippen LogP contribution in [0.4, 0.5) is 0 Å². The summed E-state index contributed by atoms with van der Waals surface area (Å²) in [6.45, 7) is 2.82. The highest BCUT2D eigenvalue weighted by molar-refractivity contribution is 5.30. The van der Waals surface area contributed by atoms with Gasteiger partial charge in [0.2, 0.25) is 0 Å². The van der Waals surface area contributed by atoms with Gasteiger partial charge in [0, 0.05) is 6.54 Å². The van der Waals surface area contributed by atoms with Gasteiger partial charge in [-0.05, 0) is 24.6 Å². The Bertz CT molecular complexity index is 668. The van der Waals surface area contributed by atoms with Gasteiger partial charge in [-0.2, -0.15) is 4.98 Å². The van der Waals surface area contributed by atoms with E-state index in [4.69, 9.17) is 10.5 Å². The molecule has 0 saturated carbocycles. The van der Waals surface area contributed by atoms with E-state index in [-0.39, 0.29) is 0 Å². The predicted octanol–water partition coefficient (Wildman–Crippen LogP) is 1.40. The maximum Gasteiger partial charge on any atom is 0.251 e. The Labute approximate surface area is 110 Å². The number of nitrogens with zero attached hydrogens (tertiary/aromatic N) is 3. The fraction of sp³-hybridized carbons (Fsp3) is 0.231. The van der Waals surface area contributed by atoms with Gasteiger partial charge in [-0.25, -0.2) is 9.50 Å². The number of nitrogens with one attached hydrogen (secondary N) is 1. The molecule has 3 aromatic rings. The average Bonchev–Trinajstić information content (AvgIpc) is 2.94. The summed E-state index contributed by atoms with van der Waals surface area (Å²) in [6, 6.07) is 7.91. The molecule has 0 spiro atoms. The Balaban J connectivity index is 1.73. The third kappa shape index (κ3) is 2.43. The van der Waals surface area contributed by atoms with Crippen molar-refractivity contribution in [3.63, 3.8) is 0 Å². The van der Waals surface area contributed by atoms with Gasteiger partial charge < -0.3 is 10.5 Å². The van der Waals surface area contributed by atoms with Crippen LogP contribution in [0.5, 0.6) is 5.75 Å². The summed E-state index contributed by atoms with van der Waals surface area (Å²) in [5.41, 5.74) is 7.49. The van der Waals surface area contributed by atoms with Crippen LogP contribution >= 0.6 is 0 Å². The van der Waals surface area contributed by atoms with Gasteiger partial charge in [-0.1, -0.05) is 12.1 Å². The third-order valence-electron chi connectivity index (χ3n) is 2.80. The van der Waals surface area contributed by atoms with Gasteiger partial charge in [0.25, 0.3) is 5.78 Å². The summed E-state index contributed by atoms with van der Waals surface area (Å²) >= 11 is 0. The zero-order valence-electron chi connectivity index (χ0n) is 10.6. The molecule has 98 valence electrons. The fourth-order valence-electron chi connectivity index (χ4n) is 1.88. The van der Waals surface area contributed by atoms with Gasteiger partial charge in [0.1, 0.15) is 12.4 Å². The van der Waals surface area contributed by atoms with Crippen molar-refractivity contribution in [3.8, 4) is 5.75 Å². The summed E-state index contributed by atoms with van der Waals surface area (Å²) in [5.74, 6) is 2.17. The maximum atomic E-state index is 5.67. The van der Waals surface area contributed by atoms with Gasteiger partial charge in [-0.15, -0.1) is 0 Å². The zero-order chi connectivity index (χ0) is 13.2. The number of ether oxygens (including phenoxy) is 1. The maximum absolute atomic E-state index is 5.67. The molecule has 0 aliphatic rings. The van der Waals surface area contributed by atoms with E-state index in [1.165, 1.54) is 5.56 Å². The summed E-state index contributed by atoms with van der Waals surface area (Å²) in [6.07, 6.45) is 1.83. The molecule has 0 bridgehead atoms. The van der Waals surface area contributed by atoms with Crippen molar-refractivity contribution < 1.29 is 4.74 Å². The standard InChI is InChI=1S/C13H15N5O/c1-9-3-2-4-11(5-9)19-8-12-16-13-15-10(6-14)7-18(13)17-12/h2-5,7H,6,8,14H2,1H3,(H,15,16,17). The van der Waals surface area contributed by atoms with Crippen molar-refractivity contribution >= 4 is 5.78 Å². The SMILES string of the molecule is Cc1cccc(OCc2nc3nc(CN)cn3[nH]2)c1. The molecule has 6 heteroatoms. The number of aryl methyl sites for hydroxylation is 1. The van der Waals surface area contributed by atoms with Gasteiger partial charge >= 0.3 is 0 Å². The lowest BCUT2D eigenvalue weighted by Crippen LogP contribution is -1.99. The molecule has 0 amide bonds. The largest absolute Gasteiger partial charge is 0.486 e. The molecule has 2 aromatic heterocycles. The van der Waals surface area contributed by atoms with Crippen LogP contribution in [0.1, 0.15) is 17.1 Å². The molecule has 2 heterocycles. The molecule has 0 unspecified atom stereocenters. The number of nitrogens with two attached hydrogens (primary N) is 1. The Morgan fingerprint density at radius 2 is 2.26 bits per heavy atom. The van der Waals surface area contributed by atoms with E-state index in [0.717, 1.165) is 17.3 Å². The van der Waals surface area contributed by atoms with E-state index in [1.807, 2.05) is 37.4 Å². The smallest absolute Gasteiger partial charge is 0.251 e. The highest BCUT2D eigenvalue weighted by Crippen LogP contribution is 2.13. The van der Waals surface area contributed by atoms with Crippen molar-refractivity contribution in [1.29, 1.82) is 0 Å². The highest BCUT2D eigenvalue weighted by atomic mass is 16.5. The van der Waals surface area contributed by atoms with Gasteiger partial charge in [0.15, 0.2) is 5.82 Å². The van der Waals surface area contributed by atoms with E-state index in [9.17, 15) is 0 Å². The Hall–Kier alpha value is -2.34. The number of benzene rings is 1. The second-order valence-electron chi connectivity index (χ2n) is 4.38. The van der Waals surface area contributed by atoms with Crippen LogP contribution in [0.15, 0.2) is 30.5 Å². The van der Waals surface area contributed by atoms with Crippen molar-refractivity contribution in [2.45, 2.75) is 20.1 Å². The Kier molecular flexibility index (Phi) is 2.92. The lowest BCUT2D eigenvalue weighted by atomic mass is 10.2. The molecular weight excluding hydrogens is 242 g/mol. The molecule has 3 rings (SSSR count). The molecule has 0 saturated heterocycles. The number of hydrogen-bond acceptors (Lipinski definition) is 4. The summed E-state index contributed by atoms with van der Waals surface area (Å²) < 4.78 is 7.42. The minimum Gasteiger partial charge on any atom is -0.486 e. The number of imidazole rings is 1. The first-order valence-corrected chi connectivity index (χ1v) is 6.07. The van der Waals surface area contributed by atoms with Crippen LogP contribution in [0.2, 0.25) is 0 Å². The second kappa shape index (κ2) is 4.74. The quantitative estimate of drug-likeness (QED) is 0.740. The topological polar surface area (TPSA) is 81.2 Å². The molecule has 3 N–H and O–H groups in total. The van der Waals surface area contributed by atoms with Crippen molar-refractivity contribution in [1.82, 2.24) is 19.6 Å². The first-order chi connectivity index (χ1) is 9.24. The molecule has 0 aliphatic heterocycles. The van der Waals surface area contributed by atoms with E-state index < -0.39 is 0 Å². The third-order valence-corrected chi connectivity index (χ3v) is 2.80. The van der Waals surface area contributed by atoms with Crippen molar-refractivity contribution in [2.24, 2.45) is 5.73 Å². The first kappa shape index (κ1) is 11.7. The summed E-state index contributed by atoms with van der Waals surface area (Å²) in [4.78, 5) is 8.60. The fourth-order valence-corrected chi connectivity index (χ4v) is 1.88. The van der Waals surface area contributed by atoms with E-state index >= 15 is 0 Å². The van der Waals surface area contributed by atoms with Crippen LogP contribution in [0.3, 0.4) is 0 Å². The lowest BCUT2D eigenvalue weighted by molar-refractivity contribution is 0.296.